The van der Waals surface area contributed by atoms with E-state index in [1.165, 1.54) is 6.92 Å². The topological polar surface area (TPSA) is 0 Å². The van der Waals surface area contributed by atoms with Crippen molar-refractivity contribution in [3.63, 3.8) is 0 Å². The van der Waals surface area contributed by atoms with Gasteiger partial charge in [-0.25, -0.2) is 0 Å². The summed E-state index contributed by atoms with van der Waals surface area (Å²) in [5.74, 6) is 0. The van der Waals surface area contributed by atoms with Gasteiger partial charge in [-0.2, -0.15) is 13.2 Å². The number of hydrogen-bond acceptors (Lipinski definition) is 0. The molecule has 0 heterocycles. The molecule has 0 radical (unpaired) electrons. The van der Waals surface area contributed by atoms with Crippen LogP contribution >= 0.6 is 11.6 Å². The average Bonchev–Trinajstić information content (AvgIpc) is 1.62. The molecule has 0 amide bonds. The Morgan fingerprint density at radius 1 is 1.50 bits per heavy atom. The van der Waals surface area contributed by atoms with E-state index in [9.17, 15) is 13.2 Å². The summed E-state index contributed by atoms with van der Waals surface area (Å²) in [6.45, 7) is 1.39. The van der Waals surface area contributed by atoms with Gasteiger partial charge in [-0.05, 0) is 6.42 Å². The Labute approximate surface area is 50.6 Å². The van der Waals surface area contributed by atoms with Crippen molar-refractivity contribution in [2.24, 2.45) is 0 Å². The van der Waals surface area contributed by atoms with Crippen LogP contribution in [0.5, 0.6) is 0 Å². The van der Waals surface area contributed by atoms with Crippen LogP contribution in [0.15, 0.2) is 0 Å². The van der Waals surface area contributed by atoms with Crippen molar-refractivity contribution in [2.75, 3.05) is 0 Å². The van der Waals surface area contributed by atoms with E-state index in [0.29, 0.717) is 0 Å². The van der Waals surface area contributed by atoms with Gasteiger partial charge in [0.2, 0.25) is 0 Å². The summed E-state index contributed by atoms with van der Waals surface area (Å²) >= 11 is 4.82. The molecule has 0 saturated heterocycles. The lowest BCUT2D eigenvalue weighted by atomic mass is 10.3. The fourth-order valence-electron chi connectivity index (χ4n) is 0.231. The second-order valence-electron chi connectivity index (χ2n) is 1.42. The van der Waals surface area contributed by atoms with E-state index >= 15 is 0 Å². The van der Waals surface area contributed by atoms with Gasteiger partial charge in [0.05, 0.1) is 0 Å². The monoisotopic (exact) mass is 146 g/mol. The molecule has 0 N–H and O–H groups in total. The molecule has 0 saturated carbocycles. The minimum Gasteiger partial charge on any atom is -0.169 e. The summed E-state index contributed by atoms with van der Waals surface area (Å²) in [6.07, 6.45) is -4.29. The molecule has 1 unspecified atom stereocenters. The van der Waals surface area contributed by atoms with Crippen molar-refractivity contribution in [1.82, 2.24) is 0 Å². The van der Waals surface area contributed by atoms with Gasteiger partial charge in [0.15, 0.2) is 0 Å². The summed E-state index contributed by atoms with van der Waals surface area (Å²) in [4.78, 5) is 0. The maximum absolute atomic E-state index is 11.3. The first kappa shape index (κ1) is 8.08. The standard InChI is InChI=1S/C4H6ClF3/c1-2-3(5)4(6,7)8/h3H,2H2,1H3. The van der Waals surface area contributed by atoms with Gasteiger partial charge < -0.3 is 0 Å². The number of rotatable bonds is 1. The molecule has 4 heteroatoms. The lowest BCUT2D eigenvalue weighted by Crippen LogP contribution is -2.21. The first-order valence-corrected chi connectivity index (χ1v) is 2.63. The van der Waals surface area contributed by atoms with Gasteiger partial charge >= 0.3 is 6.18 Å². The quantitative estimate of drug-likeness (QED) is 0.499. The molecule has 1 atom stereocenters. The van der Waals surface area contributed by atoms with Crippen LogP contribution in [0.25, 0.3) is 0 Å². The Kier molecular flexibility index (Phi) is 2.60. The van der Waals surface area contributed by atoms with Crippen LogP contribution in [0.1, 0.15) is 13.3 Å². The van der Waals surface area contributed by atoms with Crippen molar-refractivity contribution in [3.05, 3.63) is 0 Å². The third kappa shape index (κ3) is 2.40. The smallest absolute Gasteiger partial charge is 0.169 e. The minimum absolute atomic E-state index is 0.0644. The minimum atomic E-state index is -4.23. The summed E-state index contributed by atoms with van der Waals surface area (Å²) in [6, 6.07) is 0. The van der Waals surface area contributed by atoms with E-state index in [2.05, 4.69) is 0 Å². The molecule has 0 aromatic heterocycles. The maximum Gasteiger partial charge on any atom is 0.404 e. The van der Waals surface area contributed by atoms with E-state index in [1.807, 2.05) is 0 Å². The van der Waals surface area contributed by atoms with Crippen LogP contribution in [0, 0.1) is 0 Å². The normalized spacial score (nSPS) is 16.1. The number of alkyl halides is 4. The summed E-state index contributed by atoms with van der Waals surface area (Å²) in [5, 5.41) is -1.68. The van der Waals surface area contributed by atoms with Crippen LogP contribution in [0.3, 0.4) is 0 Å². The van der Waals surface area contributed by atoms with Crippen molar-refractivity contribution >= 4 is 11.6 Å². The van der Waals surface area contributed by atoms with Crippen LogP contribution in [0.4, 0.5) is 13.2 Å². The maximum atomic E-state index is 11.3. The highest BCUT2D eigenvalue weighted by Crippen LogP contribution is 2.26. The van der Waals surface area contributed by atoms with Gasteiger partial charge in [-0.1, -0.05) is 6.92 Å². The van der Waals surface area contributed by atoms with Crippen molar-refractivity contribution in [1.29, 1.82) is 0 Å². The van der Waals surface area contributed by atoms with Gasteiger partial charge in [-0.15, -0.1) is 11.6 Å². The van der Waals surface area contributed by atoms with Crippen molar-refractivity contribution in [2.45, 2.75) is 24.9 Å². The lowest BCUT2D eigenvalue weighted by Gasteiger charge is -2.09. The molecule has 0 aliphatic heterocycles. The Morgan fingerprint density at radius 2 is 1.88 bits per heavy atom. The number of hydrogen-bond donors (Lipinski definition) is 0. The highest BCUT2D eigenvalue weighted by atomic mass is 35.5. The Bertz CT molecular complexity index is 68.2. The van der Waals surface area contributed by atoms with Crippen molar-refractivity contribution < 1.29 is 13.2 Å². The lowest BCUT2D eigenvalue weighted by molar-refractivity contribution is -0.130. The second kappa shape index (κ2) is 2.58. The predicted molar refractivity (Wildman–Crippen MR) is 26.0 cm³/mol. The molecular weight excluding hydrogens is 140 g/mol. The summed E-state index contributed by atoms with van der Waals surface area (Å²) in [5.41, 5.74) is 0. The molecule has 0 spiro atoms. The van der Waals surface area contributed by atoms with Crippen LogP contribution in [-0.4, -0.2) is 11.6 Å². The number of halogens is 4. The Hall–Kier alpha value is 0.0800. The molecule has 0 aromatic rings. The molecule has 0 aliphatic rings. The van der Waals surface area contributed by atoms with Crippen LogP contribution < -0.4 is 0 Å². The zero-order valence-corrected chi connectivity index (χ0v) is 5.05. The third-order valence-corrected chi connectivity index (χ3v) is 1.27. The molecule has 0 aliphatic carbocycles. The van der Waals surface area contributed by atoms with Gasteiger partial charge in [0.1, 0.15) is 5.38 Å². The van der Waals surface area contributed by atoms with Crippen molar-refractivity contribution in [3.8, 4) is 0 Å². The molecule has 0 bridgehead atoms. The predicted octanol–water partition coefficient (Wildman–Crippen LogP) is 2.57. The van der Waals surface area contributed by atoms with E-state index in [1.54, 1.807) is 0 Å². The van der Waals surface area contributed by atoms with Gasteiger partial charge in [0, 0.05) is 0 Å². The SMILES string of the molecule is CCC(Cl)C(F)(F)F. The molecule has 0 rings (SSSR count). The molecule has 50 valence electrons. The molecule has 8 heavy (non-hydrogen) atoms. The highest BCUT2D eigenvalue weighted by Gasteiger charge is 2.36. The van der Waals surface area contributed by atoms with Crippen LogP contribution in [0.2, 0.25) is 0 Å². The summed E-state index contributed by atoms with van der Waals surface area (Å²) in [7, 11) is 0. The zero-order chi connectivity index (χ0) is 6.78. The van der Waals surface area contributed by atoms with E-state index in [4.69, 9.17) is 11.6 Å². The largest absolute Gasteiger partial charge is 0.404 e. The Balaban J connectivity index is 3.62. The average molecular weight is 147 g/mol. The second-order valence-corrected chi connectivity index (χ2v) is 1.94. The molecular formula is C4H6ClF3. The van der Waals surface area contributed by atoms with E-state index < -0.39 is 11.6 Å². The highest BCUT2D eigenvalue weighted by molar-refractivity contribution is 6.21. The molecule has 0 fully saturated rings. The zero-order valence-electron chi connectivity index (χ0n) is 4.30. The third-order valence-electron chi connectivity index (χ3n) is 0.714. The van der Waals surface area contributed by atoms with Gasteiger partial charge in [0.25, 0.3) is 0 Å². The van der Waals surface area contributed by atoms with Gasteiger partial charge in [-0.3, -0.25) is 0 Å². The first-order valence-electron chi connectivity index (χ1n) is 2.19. The fraction of sp³-hybridized carbons (Fsp3) is 1.00. The van der Waals surface area contributed by atoms with E-state index in [0.717, 1.165) is 0 Å². The molecule has 0 aromatic carbocycles. The Morgan fingerprint density at radius 3 is 1.88 bits per heavy atom. The van der Waals surface area contributed by atoms with Crippen LogP contribution in [-0.2, 0) is 0 Å². The molecule has 0 nitrogen and oxygen atoms in total. The van der Waals surface area contributed by atoms with E-state index in [-0.39, 0.29) is 6.42 Å². The summed E-state index contributed by atoms with van der Waals surface area (Å²) < 4.78 is 34.0. The fourth-order valence-corrected chi connectivity index (χ4v) is 0.231. The first-order chi connectivity index (χ1) is 3.48.